The first kappa shape index (κ1) is 24.4. The zero-order chi connectivity index (χ0) is 23.6. The van der Waals surface area contributed by atoms with Crippen LogP contribution in [0.3, 0.4) is 0 Å². The average molecular weight is 459 g/mol. The lowest BCUT2D eigenvalue weighted by atomic mass is 9.94. The Morgan fingerprint density at radius 1 is 1.00 bits per heavy atom. The van der Waals surface area contributed by atoms with Crippen LogP contribution in [0.1, 0.15) is 36.2 Å². The number of piperazine rings is 1. The van der Waals surface area contributed by atoms with Crippen molar-refractivity contribution in [3.05, 3.63) is 59.2 Å². The number of carbonyl (C=O) groups is 2. The van der Waals surface area contributed by atoms with Gasteiger partial charge in [-0.2, -0.15) is 5.10 Å². The molecular weight excluding hydrogens is 427 g/mol. The lowest BCUT2D eigenvalue weighted by Crippen LogP contribution is -2.46. The summed E-state index contributed by atoms with van der Waals surface area (Å²) in [7, 11) is 0. The standard InChI is InChI=1S/C20H27FN4.C4H4O4/c21-16-7-9-17(10-8-16)25-14-12-24(13-15-25)11-3-6-20-18-4-1-2-5-19(18)22-23-20;5-3(6)1-2-4(7)8/h7-10H,1-6,11-15H2,(H,22,23);1-2H,(H,5,6)(H,7,8). The van der Waals surface area contributed by atoms with Gasteiger partial charge in [0.25, 0.3) is 0 Å². The fourth-order valence-electron chi connectivity index (χ4n) is 4.25. The topological polar surface area (TPSA) is 110 Å². The first-order chi connectivity index (χ1) is 15.9. The third kappa shape index (κ3) is 7.71. The Morgan fingerprint density at radius 2 is 1.64 bits per heavy atom. The summed E-state index contributed by atoms with van der Waals surface area (Å²) >= 11 is 0. The summed E-state index contributed by atoms with van der Waals surface area (Å²) in [5.41, 5.74) is 5.33. The Balaban J connectivity index is 0.000000331. The number of rotatable bonds is 7. The highest BCUT2D eigenvalue weighted by Gasteiger charge is 2.19. The molecule has 0 radical (unpaired) electrons. The number of aromatic nitrogens is 2. The summed E-state index contributed by atoms with van der Waals surface area (Å²) in [6, 6.07) is 6.86. The molecule has 1 aliphatic heterocycles. The van der Waals surface area contributed by atoms with E-state index in [-0.39, 0.29) is 5.82 Å². The second kappa shape index (κ2) is 12.2. The van der Waals surface area contributed by atoms with Crippen LogP contribution in [0.15, 0.2) is 36.4 Å². The molecule has 8 nitrogen and oxygen atoms in total. The monoisotopic (exact) mass is 458 g/mol. The number of carboxylic acids is 2. The first-order valence-electron chi connectivity index (χ1n) is 11.3. The zero-order valence-corrected chi connectivity index (χ0v) is 18.7. The minimum absolute atomic E-state index is 0.164. The molecular formula is C24H31FN4O4. The van der Waals surface area contributed by atoms with Crippen molar-refractivity contribution >= 4 is 17.6 Å². The molecule has 33 heavy (non-hydrogen) atoms. The van der Waals surface area contributed by atoms with Gasteiger partial charge in [0.15, 0.2) is 0 Å². The molecule has 1 saturated heterocycles. The van der Waals surface area contributed by atoms with Crippen LogP contribution in [0.25, 0.3) is 0 Å². The molecule has 178 valence electrons. The van der Waals surface area contributed by atoms with Gasteiger partial charge in [0.05, 0.1) is 5.69 Å². The van der Waals surface area contributed by atoms with E-state index in [0.717, 1.165) is 51.3 Å². The Labute approximate surface area is 192 Å². The lowest BCUT2D eigenvalue weighted by Gasteiger charge is -2.36. The molecule has 9 heteroatoms. The van der Waals surface area contributed by atoms with Crippen molar-refractivity contribution in [1.82, 2.24) is 15.1 Å². The van der Waals surface area contributed by atoms with Crippen LogP contribution in [0.4, 0.5) is 10.1 Å². The summed E-state index contributed by atoms with van der Waals surface area (Å²) in [6.45, 7) is 5.35. The van der Waals surface area contributed by atoms with Gasteiger partial charge in [0.1, 0.15) is 5.82 Å². The predicted molar refractivity (Wildman–Crippen MR) is 123 cm³/mol. The third-order valence-corrected chi connectivity index (χ3v) is 5.96. The van der Waals surface area contributed by atoms with Gasteiger partial charge in [-0.15, -0.1) is 0 Å². The van der Waals surface area contributed by atoms with Crippen LogP contribution in [-0.2, 0) is 28.9 Å². The molecule has 2 aliphatic rings. The number of aromatic amines is 1. The van der Waals surface area contributed by atoms with Crippen molar-refractivity contribution in [3.8, 4) is 0 Å². The molecule has 0 unspecified atom stereocenters. The quantitative estimate of drug-likeness (QED) is 0.547. The molecule has 2 aromatic rings. The molecule has 1 fully saturated rings. The molecule has 1 aliphatic carbocycles. The molecule has 1 aromatic carbocycles. The fourth-order valence-corrected chi connectivity index (χ4v) is 4.25. The first-order valence-corrected chi connectivity index (χ1v) is 11.3. The number of fused-ring (bicyclic) bond motifs is 1. The van der Waals surface area contributed by atoms with Gasteiger partial charge in [-0.3, -0.25) is 10.00 Å². The Kier molecular flexibility index (Phi) is 9.00. The normalized spacial score (nSPS) is 16.2. The average Bonchev–Trinajstić information content (AvgIpc) is 3.22. The second-order valence-electron chi connectivity index (χ2n) is 8.25. The predicted octanol–water partition coefficient (Wildman–Crippen LogP) is 2.89. The van der Waals surface area contributed by atoms with E-state index >= 15 is 0 Å². The van der Waals surface area contributed by atoms with Crippen LogP contribution >= 0.6 is 0 Å². The number of aliphatic carboxylic acids is 2. The summed E-state index contributed by atoms with van der Waals surface area (Å²) in [6.07, 6.45) is 8.37. The van der Waals surface area contributed by atoms with Gasteiger partial charge >= 0.3 is 11.9 Å². The number of H-pyrrole nitrogens is 1. The maximum Gasteiger partial charge on any atom is 0.328 e. The summed E-state index contributed by atoms with van der Waals surface area (Å²) in [5, 5.41) is 23.4. The van der Waals surface area contributed by atoms with Gasteiger partial charge in [0.2, 0.25) is 0 Å². The van der Waals surface area contributed by atoms with Gasteiger partial charge in [0, 0.05) is 49.7 Å². The molecule has 0 bridgehead atoms. The van der Waals surface area contributed by atoms with E-state index in [9.17, 15) is 14.0 Å². The fraction of sp³-hybridized carbons (Fsp3) is 0.458. The van der Waals surface area contributed by atoms with Crippen LogP contribution in [0.2, 0.25) is 0 Å². The molecule has 4 rings (SSSR count). The highest BCUT2D eigenvalue weighted by Crippen LogP contribution is 2.23. The molecule has 0 saturated carbocycles. The van der Waals surface area contributed by atoms with Crippen molar-refractivity contribution in [1.29, 1.82) is 0 Å². The number of benzene rings is 1. The van der Waals surface area contributed by atoms with Gasteiger partial charge in [-0.1, -0.05) is 0 Å². The van der Waals surface area contributed by atoms with E-state index < -0.39 is 11.9 Å². The van der Waals surface area contributed by atoms with Gasteiger partial charge in [-0.05, 0) is 74.9 Å². The Hall–Kier alpha value is -3.20. The maximum atomic E-state index is 13.0. The van der Waals surface area contributed by atoms with Crippen molar-refractivity contribution in [2.45, 2.75) is 38.5 Å². The highest BCUT2D eigenvalue weighted by atomic mass is 19.1. The smallest absolute Gasteiger partial charge is 0.328 e. The van der Waals surface area contributed by atoms with Crippen molar-refractivity contribution in [2.75, 3.05) is 37.6 Å². The molecule has 0 atom stereocenters. The van der Waals surface area contributed by atoms with E-state index in [1.807, 2.05) is 12.1 Å². The number of aryl methyl sites for hydroxylation is 2. The minimum atomic E-state index is -1.26. The summed E-state index contributed by atoms with van der Waals surface area (Å²) < 4.78 is 13.0. The SMILES string of the molecule is Fc1ccc(N2CCN(CCCc3[nH]nc4c3CCCC4)CC2)cc1.O=C(O)C=CC(=O)O. The van der Waals surface area contributed by atoms with Crippen LogP contribution in [0.5, 0.6) is 0 Å². The lowest BCUT2D eigenvalue weighted by molar-refractivity contribution is -0.134. The Morgan fingerprint density at radius 3 is 2.27 bits per heavy atom. The molecule has 2 heterocycles. The Bertz CT molecular complexity index is 934. The summed E-state index contributed by atoms with van der Waals surface area (Å²) in [5.74, 6) is -2.68. The third-order valence-electron chi connectivity index (χ3n) is 5.96. The second-order valence-corrected chi connectivity index (χ2v) is 8.25. The number of halogens is 1. The largest absolute Gasteiger partial charge is 0.478 e. The zero-order valence-electron chi connectivity index (χ0n) is 18.7. The number of nitrogens with one attached hydrogen (secondary N) is 1. The van der Waals surface area contributed by atoms with Gasteiger partial charge in [-0.25, -0.2) is 14.0 Å². The molecule has 3 N–H and O–H groups in total. The van der Waals surface area contributed by atoms with Crippen molar-refractivity contribution in [3.63, 3.8) is 0 Å². The number of anilines is 1. The number of nitrogens with zero attached hydrogens (tertiary/aromatic N) is 3. The summed E-state index contributed by atoms with van der Waals surface area (Å²) in [4.78, 5) is 24.0. The van der Waals surface area contributed by atoms with E-state index in [2.05, 4.69) is 20.0 Å². The van der Waals surface area contributed by atoms with Crippen molar-refractivity contribution in [2.24, 2.45) is 0 Å². The van der Waals surface area contributed by atoms with Crippen molar-refractivity contribution < 1.29 is 24.2 Å². The maximum absolute atomic E-state index is 13.0. The van der Waals surface area contributed by atoms with Crippen LogP contribution < -0.4 is 4.90 Å². The van der Waals surface area contributed by atoms with E-state index in [4.69, 9.17) is 10.2 Å². The van der Waals surface area contributed by atoms with E-state index in [1.165, 1.54) is 42.6 Å². The molecule has 0 amide bonds. The van der Waals surface area contributed by atoms with Crippen LogP contribution in [0, 0.1) is 5.82 Å². The molecule has 1 aromatic heterocycles. The minimum Gasteiger partial charge on any atom is -0.478 e. The van der Waals surface area contributed by atoms with Crippen LogP contribution in [-0.4, -0.2) is 70.0 Å². The molecule has 0 spiro atoms. The van der Waals surface area contributed by atoms with Gasteiger partial charge < -0.3 is 15.1 Å². The number of carboxylic acid groups (broad SMARTS) is 2. The highest BCUT2D eigenvalue weighted by molar-refractivity contribution is 5.89. The number of hydrogen-bond donors (Lipinski definition) is 3. The van der Waals surface area contributed by atoms with E-state index in [1.54, 1.807) is 12.1 Å². The number of hydrogen-bond acceptors (Lipinski definition) is 5. The van der Waals surface area contributed by atoms with E-state index in [0.29, 0.717) is 12.2 Å².